The van der Waals surface area contributed by atoms with E-state index < -0.39 is 5.60 Å². The molecule has 0 amide bonds. The Hall–Kier alpha value is -2.47. The van der Waals surface area contributed by atoms with Gasteiger partial charge in [-0.2, -0.15) is 0 Å². The molecule has 0 spiro atoms. The van der Waals surface area contributed by atoms with E-state index in [1.807, 2.05) is 25.1 Å². The maximum absolute atomic E-state index is 10.9. The molecule has 0 unspecified atom stereocenters. The summed E-state index contributed by atoms with van der Waals surface area (Å²) < 4.78 is 0. The quantitative estimate of drug-likeness (QED) is 0.772. The Morgan fingerprint density at radius 2 is 2.08 bits per heavy atom. The highest BCUT2D eigenvalue weighted by molar-refractivity contribution is 5.82. The molecule has 0 bridgehead atoms. The Bertz CT molecular complexity index is 830. The molecular formula is C18H21N5O. The molecular weight excluding hydrogens is 302 g/mol. The van der Waals surface area contributed by atoms with Gasteiger partial charge in [-0.3, -0.25) is 0 Å². The van der Waals surface area contributed by atoms with Gasteiger partial charge in [-0.05, 0) is 25.3 Å². The van der Waals surface area contributed by atoms with Crippen molar-refractivity contribution < 1.29 is 5.11 Å². The summed E-state index contributed by atoms with van der Waals surface area (Å²) in [5, 5.41) is 10.9. The summed E-state index contributed by atoms with van der Waals surface area (Å²) in [7, 11) is 0. The van der Waals surface area contributed by atoms with Gasteiger partial charge in [0.05, 0.1) is 11.9 Å². The molecule has 124 valence electrons. The number of nitrogens with zero attached hydrogens (tertiary/aromatic N) is 4. The first-order valence-electron chi connectivity index (χ1n) is 8.29. The molecule has 3 aromatic rings. The predicted molar refractivity (Wildman–Crippen MR) is 92.8 cm³/mol. The third-order valence-electron chi connectivity index (χ3n) is 5.04. The van der Waals surface area contributed by atoms with Gasteiger partial charge in [0.1, 0.15) is 11.8 Å². The van der Waals surface area contributed by atoms with Gasteiger partial charge in [0.25, 0.3) is 0 Å². The summed E-state index contributed by atoms with van der Waals surface area (Å²) in [6.07, 6.45) is 4.76. The van der Waals surface area contributed by atoms with Crippen molar-refractivity contribution in [2.24, 2.45) is 5.92 Å². The summed E-state index contributed by atoms with van der Waals surface area (Å²) in [6, 6.07) is 10.3. The third-order valence-corrected chi connectivity index (χ3v) is 5.04. The number of hydrogen-bond donors (Lipinski definition) is 2. The Morgan fingerprint density at radius 3 is 2.92 bits per heavy atom. The molecule has 2 atom stereocenters. The van der Waals surface area contributed by atoms with Crippen molar-refractivity contribution in [1.82, 2.24) is 19.9 Å². The highest BCUT2D eigenvalue weighted by Gasteiger charge is 2.38. The number of fused-ring (bicyclic) bond motifs is 1. The first kappa shape index (κ1) is 15.1. The zero-order valence-electron chi connectivity index (χ0n) is 13.7. The number of nitrogens with one attached hydrogen (secondary N) is 1. The molecule has 0 radical (unpaired) electrons. The number of piperidine rings is 1. The van der Waals surface area contributed by atoms with Crippen molar-refractivity contribution in [3.63, 3.8) is 0 Å². The molecule has 1 fully saturated rings. The van der Waals surface area contributed by atoms with Crippen LogP contribution in [0.3, 0.4) is 0 Å². The van der Waals surface area contributed by atoms with E-state index in [1.54, 1.807) is 12.7 Å². The molecule has 2 N–H and O–H groups in total. The van der Waals surface area contributed by atoms with Crippen molar-refractivity contribution in [2.45, 2.75) is 25.4 Å². The van der Waals surface area contributed by atoms with E-state index in [-0.39, 0.29) is 5.92 Å². The molecule has 0 aliphatic carbocycles. The molecule has 3 heterocycles. The monoisotopic (exact) mass is 323 g/mol. The smallest absolute Gasteiger partial charge is 0.182 e. The van der Waals surface area contributed by atoms with Gasteiger partial charge in [-0.15, -0.1) is 0 Å². The van der Waals surface area contributed by atoms with Crippen molar-refractivity contribution >= 4 is 17.0 Å². The number of anilines is 1. The van der Waals surface area contributed by atoms with Crippen LogP contribution in [0.5, 0.6) is 0 Å². The fourth-order valence-electron chi connectivity index (χ4n) is 3.49. The molecule has 6 heteroatoms. The van der Waals surface area contributed by atoms with Crippen molar-refractivity contribution in [3.8, 4) is 0 Å². The number of imidazole rings is 1. The normalized spacial score (nSPS) is 24.4. The molecule has 0 saturated carbocycles. The summed E-state index contributed by atoms with van der Waals surface area (Å²) >= 11 is 0. The summed E-state index contributed by atoms with van der Waals surface area (Å²) in [5.41, 5.74) is 2.11. The van der Waals surface area contributed by atoms with Crippen LogP contribution in [0.4, 0.5) is 5.82 Å². The predicted octanol–water partition coefficient (Wildman–Crippen LogP) is 2.17. The Labute approximate surface area is 140 Å². The summed E-state index contributed by atoms with van der Waals surface area (Å²) in [4.78, 5) is 18.2. The first-order chi connectivity index (χ1) is 11.6. The minimum atomic E-state index is -0.674. The number of H-pyrrole nitrogens is 1. The summed E-state index contributed by atoms with van der Waals surface area (Å²) in [5.74, 6) is 1.01. The Kier molecular flexibility index (Phi) is 3.69. The van der Waals surface area contributed by atoms with Crippen molar-refractivity contribution in [1.29, 1.82) is 0 Å². The number of rotatable bonds is 3. The van der Waals surface area contributed by atoms with Crippen LogP contribution in [0.15, 0.2) is 43.0 Å². The maximum atomic E-state index is 10.9. The molecule has 1 saturated heterocycles. The van der Waals surface area contributed by atoms with E-state index in [0.717, 1.165) is 30.8 Å². The van der Waals surface area contributed by atoms with E-state index in [1.165, 1.54) is 5.56 Å². The number of benzene rings is 1. The van der Waals surface area contributed by atoms with Gasteiger partial charge in [0, 0.05) is 19.0 Å². The fraction of sp³-hybridized carbons (Fsp3) is 0.389. The average Bonchev–Trinajstić information content (AvgIpc) is 3.06. The second-order valence-electron chi connectivity index (χ2n) is 6.74. The third kappa shape index (κ3) is 2.73. The number of hydrogen-bond acceptors (Lipinski definition) is 5. The van der Waals surface area contributed by atoms with Crippen molar-refractivity contribution in [3.05, 3.63) is 48.5 Å². The zero-order chi connectivity index (χ0) is 16.6. The van der Waals surface area contributed by atoms with E-state index in [0.29, 0.717) is 12.1 Å². The lowest BCUT2D eigenvalue weighted by Crippen LogP contribution is -2.51. The first-order valence-corrected chi connectivity index (χ1v) is 8.29. The Morgan fingerprint density at radius 1 is 1.25 bits per heavy atom. The van der Waals surface area contributed by atoms with Gasteiger partial charge in [0.2, 0.25) is 0 Å². The van der Waals surface area contributed by atoms with E-state index in [4.69, 9.17) is 0 Å². The second-order valence-corrected chi connectivity index (χ2v) is 6.74. The lowest BCUT2D eigenvalue weighted by atomic mass is 9.79. The van der Waals surface area contributed by atoms with Crippen LogP contribution in [0.1, 0.15) is 18.9 Å². The Balaban J connectivity index is 1.62. The number of aromatic amines is 1. The van der Waals surface area contributed by atoms with Gasteiger partial charge in [-0.1, -0.05) is 30.3 Å². The van der Waals surface area contributed by atoms with E-state index in [9.17, 15) is 5.11 Å². The topological polar surface area (TPSA) is 77.9 Å². The highest BCUT2D eigenvalue weighted by atomic mass is 16.3. The average molecular weight is 323 g/mol. The highest BCUT2D eigenvalue weighted by Crippen LogP contribution is 2.33. The molecule has 2 aromatic heterocycles. The van der Waals surface area contributed by atoms with E-state index in [2.05, 4.69) is 37.0 Å². The molecule has 1 aliphatic heterocycles. The lowest BCUT2D eigenvalue weighted by Gasteiger charge is -2.43. The van der Waals surface area contributed by atoms with Crippen molar-refractivity contribution in [2.75, 3.05) is 18.0 Å². The van der Waals surface area contributed by atoms with Crippen LogP contribution in [-0.4, -0.2) is 43.7 Å². The SMILES string of the molecule is C[C@]1(O)CCN(c2ncnc3nc[nH]c23)C[C@H]1Cc1ccccc1. The minimum absolute atomic E-state index is 0.140. The minimum Gasteiger partial charge on any atom is -0.390 e. The van der Waals surface area contributed by atoms with Crippen LogP contribution < -0.4 is 4.90 Å². The standard InChI is InChI=1S/C18H21N5O/c1-18(24)7-8-23(10-14(18)9-13-5-3-2-4-6-13)17-15-16(20-11-19-15)21-12-22-17/h2-6,11-12,14,24H,7-10H2,1H3,(H,19,20,21,22)/t14-,18+/m1/s1. The molecule has 4 rings (SSSR count). The zero-order valence-corrected chi connectivity index (χ0v) is 13.7. The number of aliphatic hydroxyl groups is 1. The largest absolute Gasteiger partial charge is 0.390 e. The summed E-state index contributed by atoms with van der Waals surface area (Å²) in [6.45, 7) is 3.47. The lowest BCUT2D eigenvalue weighted by molar-refractivity contribution is -0.0167. The molecule has 6 nitrogen and oxygen atoms in total. The fourth-order valence-corrected chi connectivity index (χ4v) is 3.49. The van der Waals surface area contributed by atoms with Gasteiger partial charge in [0.15, 0.2) is 11.5 Å². The van der Waals surface area contributed by atoms with E-state index >= 15 is 0 Å². The molecule has 1 aliphatic rings. The van der Waals surface area contributed by atoms with Crippen LogP contribution in [0, 0.1) is 5.92 Å². The van der Waals surface area contributed by atoms with Crippen LogP contribution >= 0.6 is 0 Å². The second kappa shape index (κ2) is 5.87. The molecule has 24 heavy (non-hydrogen) atoms. The van der Waals surface area contributed by atoms with Gasteiger partial charge in [-0.25, -0.2) is 15.0 Å². The number of aromatic nitrogens is 4. The van der Waals surface area contributed by atoms with Crippen LogP contribution in [0.25, 0.3) is 11.2 Å². The maximum Gasteiger partial charge on any atom is 0.182 e. The van der Waals surface area contributed by atoms with Crippen LogP contribution in [0.2, 0.25) is 0 Å². The van der Waals surface area contributed by atoms with Gasteiger partial charge < -0.3 is 15.0 Å². The van der Waals surface area contributed by atoms with Crippen LogP contribution in [-0.2, 0) is 6.42 Å². The molecule has 1 aromatic carbocycles. The van der Waals surface area contributed by atoms with Gasteiger partial charge >= 0.3 is 0 Å².